The van der Waals surface area contributed by atoms with Gasteiger partial charge in [0.25, 0.3) is 5.91 Å². The van der Waals surface area contributed by atoms with Crippen molar-refractivity contribution in [2.24, 2.45) is 11.3 Å². The molecular formula is C22H19F3N4O3. The van der Waals surface area contributed by atoms with Crippen molar-refractivity contribution in [1.82, 2.24) is 20.2 Å². The Bertz CT molecular complexity index is 1130. The number of likely N-dealkylation sites (tertiary alicyclic amines) is 1. The van der Waals surface area contributed by atoms with E-state index in [1.807, 2.05) is 11.0 Å². The summed E-state index contributed by atoms with van der Waals surface area (Å²) in [4.78, 5) is 23.3. The first-order valence-corrected chi connectivity index (χ1v) is 10.4. The molecule has 1 N–H and O–H groups in total. The molecule has 2 aromatic heterocycles. The van der Waals surface area contributed by atoms with Gasteiger partial charge in [0.1, 0.15) is 18.1 Å². The molecule has 1 spiro atoms. The standard InChI is InChI=1S/C22H19F3N4O3/c23-22(24,25)12-3-4-16(28-10-12)32-15-9-21-8-13(21)11-29(18(15)21)20(30)14-2-1-5-26-17(14)19-27-6-7-31-19/h1-4,6-7,10,13,15,18,26H,5,8-9,11H2. The second-order valence-electron chi connectivity index (χ2n) is 8.69. The van der Waals surface area contributed by atoms with Crippen LogP contribution in [0.25, 0.3) is 5.70 Å². The van der Waals surface area contributed by atoms with Crippen LogP contribution in [0.2, 0.25) is 0 Å². The lowest BCUT2D eigenvalue weighted by Crippen LogP contribution is -2.59. The smallest absolute Gasteiger partial charge is 0.417 e. The number of alkyl halides is 3. The number of halogens is 3. The number of pyridine rings is 1. The average molecular weight is 444 g/mol. The van der Waals surface area contributed by atoms with Gasteiger partial charge in [0.15, 0.2) is 0 Å². The first-order chi connectivity index (χ1) is 15.4. The monoisotopic (exact) mass is 444 g/mol. The predicted octanol–water partition coefficient (Wildman–Crippen LogP) is 3.03. The molecule has 1 saturated heterocycles. The fourth-order valence-corrected chi connectivity index (χ4v) is 5.41. The fraction of sp³-hybridized carbons (Fsp3) is 0.409. The van der Waals surface area contributed by atoms with Gasteiger partial charge < -0.3 is 19.4 Å². The minimum Gasteiger partial charge on any atom is -0.472 e. The zero-order valence-corrected chi connectivity index (χ0v) is 16.8. The van der Waals surface area contributed by atoms with Crippen LogP contribution in [0.15, 0.2) is 52.9 Å². The molecule has 4 atom stereocenters. The second kappa shape index (κ2) is 6.60. The van der Waals surface area contributed by atoms with Crippen LogP contribution < -0.4 is 10.1 Å². The van der Waals surface area contributed by atoms with E-state index in [-0.39, 0.29) is 29.3 Å². The van der Waals surface area contributed by atoms with E-state index in [1.165, 1.54) is 18.5 Å². The predicted molar refractivity (Wildman–Crippen MR) is 105 cm³/mol. The van der Waals surface area contributed by atoms with Crippen molar-refractivity contribution in [3.05, 3.63) is 60.0 Å². The third-order valence-corrected chi connectivity index (χ3v) is 6.98. The van der Waals surface area contributed by atoms with Gasteiger partial charge in [0, 0.05) is 30.8 Å². The first-order valence-electron chi connectivity index (χ1n) is 10.4. The highest BCUT2D eigenvalue weighted by Crippen LogP contribution is 2.71. The van der Waals surface area contributed by atoms with Crippen molar-refractivity contribution in [2.75, 3.05) is 13.1 Å². The van der Waals surface area contributed by atoms with Gasteiger partial charge in [-0.3, -0.25) is 4.79 Å². The summed E-state index contributed by atoms with van der Waals surface area (Å²) in [5.41, 5.74) is 0.269. The van der Waals surface area contributed by atoms with Crippen molar-refractivity contribution >= 4 is 11.6 Å². The number of hydrogen-bond acceptors (Lipinski definition) is 6. The quantitative estimate of drug-likeness (QED) is 0.781. The minimum absolute atomic E-state index is 0.0572. The zero-order valence-electron chi connectivity index (χ0n) is 16.8. The van der Waals surface area contributed by atoms with Gasteiger partial charge in [0.2, 0.25) is 11.8 Å². The van der Waals surface area contributed by atoms with Gasteiger partial charge in [-0.1, -0.05) is 6.08 Å². The van der Waals surface area contributed by atoms with E-state index in [9.17, 15) is 18.0 Å². The number of piperidine rings is 1. The molecule has 2 saturated carbocycles. The zero-order chi connectivity index (χ0) is 22.1. The summed E-state index contributed by atoms with van der Waals surface area (Å²) in [6.07, 6.45) is 4.46. The maximum atomic E-state index is 13.5. The van der Waals surface area contributed by atoms with Crippen molar-refractivity contribution in [1.29, 1.82) is 0 Å². The third-order valence-electron chi connectivity index (χ3n) is 6.98. The summed E-state index contributed by atoms with van der Waals surface area (Å²) in [7, 11) is 0. The van der Waals surface area contributed by atoms with E-state index in [0.717, 1.165) is 25.1 Å². The van der Waals surface area contributed by atoms with Gasteiger partial charge in [-0.15, -0.1) is 0 Å². The lowest BCUT2D eigenvalue weighted by Gasteiger charge is -2.47. The Hall–Kier alpha value is -3.30. The number of oxazole rings is 1. The molecule has 0 aromatic carbocycles. The molecule has 166 valence electrons. The highest BCUT2D eigenvalue weighted by molar-refractivity contribution is 6.03. The van der Waals surface area contributed by atoms with E-state index in [4.69, 9.17) is 9.15 Å². The van der Waals surface area contributed by atoms with Crippen LogP contribution in [0.3, 0.4) is 0 Å². The highest BCUT2D eigenvalue weighted by Gasteiger charge is 2.76. The highest BCUT2D eigenvalue weighted by atomic mass is 19.4. The molecule has 6 rings (SSSR count). The number of carbonyl (C=O) groups is 1. The van der Waals surface area contributed by atoms with Crippen molar-refractivity contribution in [3.8, 4) is 5.88 Å². The molecule has 2 aliphatic heterocycles. The largest absolute Gasteiger partial charge is 0.472 e. The van der Waals surface area contributed by atoms with E-state index in [2.05, 4.69) is 15.3 Å². The lowest BCUT2D eigenvalue weighted by molar-refractivity contribution is -0.138. The SMILES string of the molecule is O=C(C1=C(c2ncco2)NCC=C1)N1CC2CC23CC(Oc2ccc(C(F)(F)F)cn2)C13. The molecular weight excluding hydrogens is 425 g/mol. The summed E-state index contributed by atoms with van der Waals surface area (Å²) in [6, 6.07) is 2.06. The topological polar surface area (TPSA) is 80.5 Å². The van der Waals surface area contributed by atoms with Gasteiger partial charge in [-0.05, 0) is 30.9 Å². The van der Waals surface area contributed by atoms with Crippen LogP contribution in [0.1, 0.15) is 24.3 Å². The Kier molecular flexibility index (Phi) is 4.00. The number of carbonyl (C=O) groups excluding carboxylic acids is 1. The molecule has 4 heterocycles. The van der Waals surface area contributed by atoms with Crippen LogP contribution in [0.4, 0.5) is 13.2 Å². The van der Waals surface area contributed by atoms with E-state index in [0.29, 0.717) is 36.2 Å². The number of amides is 1. The van der Waals surface area contributed by atoms with Crippen molar-refractivity contribution in [3.63, 3.8) is 0 Å². The Labute approximate surface area is 181 Å². The van der Waals surface area contributed by atoms with Crippen molar-refractivity contribution in [2.45, 2.75) is 31.2 Å². The molecule has 2 aliphatic carbocycles. The molecule has 3 fully saturated rings. The van der Waals surface area contributed by atoms with Crippen LogP contribution in [0.5, 0.6) is 5.88 Å². The summed E-state index contributed by atoms with van der Waals surface area (Å²) >= 11 is 0. The number of nitrogens with one attached hydrogen (secondary N) is 1. The number of ether oxygens (including phenoxy) is 1. The summed E-state index contributed by atoms with van der Waals surface area (Å²) < 4.78 is 49.7. The van der Waals surface area contributed by atoms with Gasteiger partial charge in [-0.25, -0.2) is 9.97 Å². The van der Waals surface area contributed by atoms with Crippen LogP contribution in [-0.2, 0) is 11.0 Å². The molecule has 0 bridgehead atoms. The Balaban J connectivity index is 1.24. The second-order valence-corrected chi connectivity index (χ2v) is 8.69. The summed E-state index contributed by atoms with van der Waals surface area (Å²) in [5, 5.41) is 3.17. The van der Waals surface area contributed by atoms with E-state index >= 15 is 0 Å². The van der Waals surface area contributed by atoms with Gasteiger partial charge in [0.05, 0.1) is 23.4 Å². The fourth-order valence-electron chi connectivity index (χ4n) is 5.41. The molecule has 2 aromatic rings. The van der Waals surface area contributed by atoms with Crippen LogP contribution in [0, 0.1) is 11.3 Å². The van der Waals surface area contributed by atoms with Gasteiger partial charge >= 0.3 is 6.18 Å². The molecule has 1 amide bonds. The van der Waals surface area contributed by atoms with Crippen LogP contribution >= 0.6 is 0 Å². The normalized spacial score (nSPS) is 30.3. The van der Waals surface area contributed by atoms with Crippen molar-refractivity contribution < 1.29 is 27.1 Å². The maximum absolute atomic E-state index is 13.5. The number of hydrogen-bond donors (Lipinski definition) is 1. The first kappa shape index (κ1) is 19.4. The minimum atomic E-state index is -4.45. The van der Waals surface area contributed by atoms with E-state index < -0.39 is 11.7 Å². The lowest BCUT2D eigenvalue weighted by atomic mass is 9.73. The Morgan fingerprint density at radius 2 is 2.16 bits per heavy atom. The van der Waals surface area contributed by atoms with Gasteiger partial charge in [-0.2, -0.15) is 13.2 Å². The average Bonchev–Trinajstić information content (AvgIpc) is 3.14. The summed E-state index contributed by atoms with van der Waals surface area (Å²) in [5.74, 6) is 0.787. The molecule has 0 radical (unpaired) electrons. The number of dihydropyridines is 1. The van der Waals surface area contributed by atoms with E-state index in [1.54, 1.807) is 6.08 Å². The molecule has 4 unspecified atom stereocenters. The third kappa shape index (κ3) is 2.85. The summed E-state index contributed by atoms with van der Waals surface area (Å²) in [6.45, 7) is 1.20. The molecule has 4 aliphatic rings. The Morgan fingerprint density at radius 1 is 1.28 bits per heavy atom. The molecule has 10 heteroatoms. The number of nitrogens with zero attached hydrogens (tertiary/aromatic N) is 3. The molecule has 32 heavy (non-hydrogen) atoms. The number of aromatic nitrogens is 2. The molecule has 7 nitrogen and oxygen atoms in total. The number of rotatable bonds is 4. The van der Waals surface area contributed by atoms with Crippen LogP contribution in [-0.4, -0.2) is 46.0 Å². The Morgan fingerprint density at radius 3 is 2.88 bits per heavy atom. The maximum Gasteiger partial charge on any atom is 0.417 e.